The zero-order valence-electron chi connectivity index (χ0n) is 7.92. The van der Waals surface area contributed by atoms with Crippen molar-refractivity contribution in [3.05, 3.63) is 22.8 Å². The molecular weight excluding hydrogens is 164 g/mol. The van der Waals surface area contributed by atoms with Gasteiger partial charge in [-0.05, 0) is 25.5 Å². The predicted molar refractivity (Wildman–Crippen MR) is 52.8 cm³/mol. The van der Waals surface area contributed by atoms with Crippen LogP contribution in [0.3, 0.4) is 0 Å². The molecule has 3 nitrogen and oxygen atoms in total. The van der Waals surface area contributed by atoms with Gasteiger partial charge in [-0.1, -0.05) is 0 Å². The van der Waals surface area contributed by atoms with Gasteiger partial charge >= 0.3 is 0 Å². The van der Waals surface area contributed by atoms with Gasteiger partial charge in [-0.25, -0.2) is 0 Å². The molecule has 0 fully saturated rings. The summed E-state index contributed by atoms with van der Waals surface area (Å²) < 4.78 is 5.47. The Morgan fingerprint density at radius 2 is 2.15 bits per heavy atom. The number of nitrogens with two attached hydrogens (primary N) is 2. The molecule has 1 heterocycles. The number of hydrogen-bond donors (Lipinski definition) is 2. The van der Waals surface area contributed by atoms with Crippen LogP contribution < -0.4 is 16.2 Å². The Balaban J connectivity index is 2.67. The highest BCUT2D eigenvalue weighted by molar-refractivity contribution is 5.63. The standard InChI is InChI=1S/C10H14N2O/c1-5-3-7-8(11)4-13-10(7)6(2)9(5)12/h3,8H,4,11-12H2,1-2H3/t8-/m1/s1. The van der Waals surface area contributed by atoms with Crippen molar-refractivity contribution < 1.29 is 4.74 Å². The van der Waals surface area contributed by atoms with Crippen molar-refractivity contribution >= 4 is 5.69 Å². The zero-order valence-corrected chi connectivity index (χ0v) is 7.92. The molecule has 0 saturated carbocycles. The van der Waals surface area contributed by atoms with Crippen molar-refractivity contribution in [1.82, 2.24) is 0 Å². The first-order chi connectivity index (χ1) is 6.11. The van der Waals surface area contributed by atoms with E-state index in [1.165, 1.54) is 0 Å². The van der Waals surface area contributed by atoms with Gasteiger partial charge in [0.1, 0.15) is 12.4 Å². The first-order valence-corrected chi connectivity index (χ1v) is 4.39. The molecule has 2 rings (SSSR count). The van der Waals surface area contributed by atoms with E-state index in [0.717, 1.165) is 28.1 Å². The summed E-state index contributed by atoms with van der Waals surface area (Å²) in [6.45, 7) is 4.53. The third-order valence-electron chi connectivity index (χ3n) is 2.61. The average molecular weight is 178 g/mol. The monoisotopic (exact) mass is 178 g/mol. The number of ether oxygens (including phenoxy) is 1. The Bertz CT molecular complexity index is 360. The van der Waals surface area contributed by atoms with E-state index in [1.807, 2.05) is 19.9 Å². The van der Waals surface area contributed by atoms with Gasteiger partial charge in [0.2, 0.25) is 0 Å². The van der Waals surface area contributed by atoms with Crippen LogP contribution in [0, 0.1) is 13.8 Å². The lowest BCUT2D eigenvalue weighted by Crippen LogP contribution is -2.10. The van der Waals surface area contributed by atoms with Crippen LogP contribution in [0.2, 0.25) is 0 Å². The molecule has 70 valence electrons. The largest absolute Gasteiger partial charge is 0.491 e. The van der Waals surface area contributed by atoms with Crippen LogP contribution in [0.25, 0.3) is 0 Å². The van der Waals surface area contributed by atoms with Crippen LogP contribution in [0.1, 0.15) is 22.7 Å². The summed E-state index contributed by atoms with van der Waals surface area (Å²) in [6, 6.07) is 2.03. The molecule has 0 spiro atoms. The minimum Gasteiger partial charge on any atom is -0.491 e. The number of anilines is 1. The van der Waals surface area contributed by atoms with E-state index in [-0.39, 0.29) is 6.04 Å². The molecule has 4 N–H and O–H groups in total. The van der Waals surface area contributed by atoms with Gasteiger partial charge in [0.25, 0.3) is 0 Å². The van der Waals surface area contributed by atoms with Crippen LogP contribution in [0.15, 0.2) is 6.07 Å². The topological polar surface area (TPSA) is 61.3 Å². The highest BCUT2D eigenvalue weighted by Crippen LogP contribution is 2.38. The van der Waals surface area contributed by atoms with Crippen LogP contribution >= 0.6 is 0 Å². The minimum atomic E-state index is 0.00741. The zero-order chi connectivity index (χ0) is 9.59. The maximum absolute atomic E-state index is 5.88. The van der Waals surface area contributed by atoms with Crippen molar-refractivity contribution in [2.45, 2.75) is 19.9 Å². The molecular formula is C10H14N2O. The van der Waals surface area contributed by atoms with E-state index in [0.29, 0.717) is 6.61 Å². The normalized spacial score (nSPS) is 19.8. The van der Waals surface area contributed by atoms with Crippen molar-refractivity contribution in [1.29, 1.82) is 0 Å². The molecule has 13 heavy (non-hydrogen) atoms. The minimum absolute atomic E-state index is 0.00741. The number of nitrogen functional groups attached to an aromatic ring is 1. The summed E-state index contributed by atoms with van der Waals surface area (Å²) in [5.74, 6) is 0.885. The van der Waals surface area contributed by atoms with Gasteiger partial charge < -0.3 is 16.2 Å². The molecule has 0 amide bonds. The fourth-order valence-corrected chi connectivity index (χ4v) is 1.74. The van der Waals surface area contributed by atoms with Crippen LogP contribution in [-0.4, -0.2) is 6.61 Å². The van der Waals surface area contributed by atoms with E-state index in [2.05, 4.69) is 0 Å². The molecule has 3 heteroatoms. The highest BCUT2D eigenvalue weighted by atomic mass is 16.5. The highest BCUT2D eigenvalue weighted by Gasteiger charge is 2.24. The van der Waals surface area contributed by atoms with E-state index < -0.39 is 0 Å². The lowest BCUT2D eigenvalue weighted by molar-refractivity contribution is 0.331. The summed E-state index contributed by atoms with van der Waals surface area (Å²) in [6.07, 6.45) is 0. The average Bonchev–Trinajstić information content (AvgIpc) is 2.45. The Labute approximate surface area is 77.7 Å². The van der Waals surface area contributed by atoms with E-state index >= 15 is 0 Å². The fourth-order valence-electron chi connectivity index (χ4n) is 1.74. The molecule has 1 aromatic rings. The third-order valence-corrected chi connectivity index (χ3v) is 2.61. The summed E-state index contributed by atoms with van der Waals surface area (Å²) in [4.78, 5) is 0. The Morgan fingerprint density at radius 3 is 2.85 bits per heavy atom. The lowest BCUT2D eigenvalue weighted by Gasteiger charge is -2.10. The number of rotatable bonds is 0. The van der Waals surface area contributed by atoms with Gasteiger partial charge in [0.15, 0.2) is 0 Å². The van der Waals surface area contributed by atoms with E-state index in [1.54, 1.807) is 0 Å². The van der Waals surface area contributed by atoms with Crippen LogP contribution in [-0.2, 0) is 0 Å². The molecule has 0 unspecified atom stereocenters. The molecule has 1 aliphatic rings. The summed E-state index contributed by atoms with van der Waals surface area (Å²) >= 11 is 0. The fraction of sp³-hybridized carbons (Fsp3) is 0.400. The van der Waals surface area contributed by atoms with E-state index in [9.17, 15) is 0 Å². The van der Waals surface area contributed by atoms with Crippen molar-refractivity contribution in [3.8, 4) is 5.75 Å². The Kier molecular flexibility index (Phi) is 1.70. The lowest BCUT2D eigenvalue weighted by atomic mass is 10.0. The molecule has 0 radical (unpaired) electrons. The van der Waals surface area contributed by atoms with Gasteiger partial charge in [-0.3, -0.25) is 0 Å². The third kappa shape index (κ3) is 1.08. The number of fused-ring (bicyclic) bond motifs is 1. The van der Waals surface area contributed by atoms with Gasteiger partial charge in [0, 0.05) is 16.8 Å². The molecule has 1 aliphatic heterocycles. The molecule has 0 bridgehead atoms. The summed E-state index contributed by atoms with van der Waals surface area (Å²) in [7, 11) is 0. The maximum atomic E-state index is 5.88. The number of hydrogen-bond acceptors (Lipinski definition) is 3. The molecule has 0 aliphatic carbocycles. The quantitative estimate of drug-likeness (QED) is 0.588. The Hall–Kier alpha value is -1.22. The van der Waals surface area contributed by atoms with Gasteiger partial charge in [-0.2, -0.15) is 0 Å². The molecule has 1 atom stereocenters. The van der Waals surface area contributed by atoms with E-state index in [4.69, 9.17) is 16.2 Å². The second kappa shape index (κ2) is 2.64. The van der Waals surface area contributed by atoms with Crippen molar-refractivity contribution in [3.63, 3.8) is 0 Å². The molecule has 0 aromatic heterocycles. The second-order valence-corrected chi connectivity index (χ2v) is 3.57. The van der Waals surface area contributed by atoms with Gasteiger partial charge in [0.05, 0.1) is 6.04 Å². The second-order valence-electron chi connectivity index (χ2n) is 3.57. The predicted octanol–water partition coefficient (Wildman–Crippen LogP) is 1.28. The first-order valence-electron chi connectivity index (χ1n) is 4.39. The number of aryl methyl sites for hydroxylation is 1. The molecule has 1 aromatic carbocycles. The summed E-state index contributed by atoms with van der Waals surface area (Å²) in [5.41, 5.74) is 15.7. The maximum Gasteiger partial charge on any atom is 0.129 e. The van der Waals surface area contributed by atoms with Crippen molar-refractivity contribution in [2.24, 2.45) is 5.73 Å². The van der Waals surface area contributed by atoms with Crippen LogP contribution in [0.4, 0.5) is 5.69 Å². The first kappa shape index (κ1) is 8.38. The SMILES string of the molecule is Cc1cc2c(c(C)c1N)OC[C@H]2N. The Morgan fingerprint density at radius 1 is 1.46 bits per heavy atom. The summed E-state index contributed by atoms with van der Waals surface area (Å²) in [5, 5.41) is 0. The number of benzene rings is 1. The van der Waals surface area contributed by atoms with Crippen molar-refractivity contribution in [2.75, 3.05) is 12.3 Å². The smallest absolute Gasteiger partial charge is 0.129 e. The van der Waals surface area contributed by atoms with Gasteiger partial charge in [-0.15, -0.1) is 0 Å². The molecule has 0 saturated heterocycles. The van der Waals surface area contributed by atoms with Crippen LogP contribution in [0.5, 0.6) is 5.75 Å².